The van der Waals surface area contributed by atoms with Crippen LogP contribution in [0.25, 0.3) is 0 Å². The molecular formula is C13H17ClO2. The second-order valence-corrected chi connectivity index (χ2v) is 4.97. The van der Waals surface area contributed by atoms with Crippen molar-refractivity contribution in [1.82, 2.24) is 0 Å². The van der Waals surface area contributed by atoms with E-state index in [1.165, 1.54) is 6.42 Å². The summed E-state index contributed by atoms with van der Waals surface area (Å²) >= 11 is 5.86. The predicted molar refractivity (Wildman–Crippen MR) is 65.0 cm³/mol. The molecule has 0 spiro atoms. The highest BCUT2D eigenvalue weighted by atomic mass is 35.5. The van der Waals surface area contributed by atoms with Crippen molar-refractivity contribution in [3.63, 3.8) is 0 Å². The Kier molecular flexibility index (Phi) is 3.72. The fourth-order valence-corrected chi connectivity index (χ4v) is 2.31. The summed E-state index contributed by atoms with van der Waals surface area (Å²) < 4.78 is 5.59. The van der Waals surface area contributed by atoms with Gasteiger partial charge in [-0.05, 0) is 31.0 Å². The molecule has 3 heteroatoms. The molecule has 0 bridgehead atoms. The third-order valence-corrected chi connectivity index (χ3v) is 3.32. The van der Waals surface area contributed by atoms with Crippen LogP contribution >= 0.6 is 11.6 Å². The molecule has 1 saturated carbocycles. The first-order valence-corrected chi connectivity index (χ1v) is 6.17. The number of halogens is 1. The van der Waals surface area contributed by atoms with Gasteiger partial charge in [0, 0.05) is 5.02 Å². The van der Waals surface area contributed by atoms with Crippen LogP contribution in [0.4, 0.5) is 0 Å². The first-order chi connectivity index (χ1) is 7.68. The molecule has 2 nitrogen and oxygen atoms in total. The van der Waals surface area contributed by atoms with Crippen LogP contribution < -0.4 is 4.74 Å². The van der Waals surface area contributed by atoms with Crippen LogP contribution in [0.5, 0.6) is 5.75 Å². The molecule has 16 heavy (non-hydrogen) atoms. The van der Waals surface area contributed by atoms with E-state index in [2.05, 4.69) is 0 Å². The van der Waals surface area contributed by atoms with Gasteiger partial charge in [-0.2, -0.15) is 0 Å². The van der Waals surface area contributed by atoms with Gasteiger partial charge in [0.1, 0.15) is 12.4 Å². The third-order valence-electron chi connectivity index (χ3n) is 3.09. The van der Waals surface area contributed by atoms with Crippen LogP contribution in [0.15, 0.2) is 24.3 Å². The lowest BCUT2D eigenvalue weighted by Gasteiger charge is -2.31. The maximum absolute atomic E-state index is 10.2. The second kappa shape index (κ2) is 5.07. The summed E-state index contributed by atoms with van der Waals surface area (Å²) in [6, 6.07) is 7.29. The summed E-state index contributed by atoms with van der Waals surface area (Å²) in [6.07, 6.45) is 5.09. The van der Waals surface area contributed by atoms with Crippen molar-refractivity contribution in [2.45, 2.75) is 37.7 Å². The van der Waals surface area contributed by atoms with E-state index in [1.54, 1.807) is 6.07 Å². The van der Waals surface area contributed by atoms with Gasteiger partial charge in [-0.15, -0.1) is 0 Å². The van der Waals surface area contributed by atoms with E-state index in [9.17, 15) is 5.11 Å². The van der Waals surface area contributed by atoms with Gasteiger partial charge < -0.3 is 9.84 Å². The van der Waals surface area contributed by atoms with Gasteiger partial charge in [-0.25, -0.2) is 0 Å². The highest BCUT2D eigenvalue weighted by Crippen LogP contribution is 2.29. The van der Waals surface area contributed by atoms with Crippen LogP contribution in [0.3, 0.4) is 0 Å². The molecule has 88 valence electrons. The van der Waals surface area contributed by atoms with Crippen LogP contribution in [-0.2, 0) is 0 Å². The molecule has 1 aromatic rings. The maximum atomic E-state index is 10.2. The first-order valence-electron chi connectivity index (χ1n) is 5.79. The number of hydrogen-bond acceptors (Lipinski definition) is 2. The van der Waals surface area contributed by atoms with E-state index in [1.807, 2.05) is 18.2 Å². The molecule has 1 aliphatic carbocycles. The van der Waals surface area contributed by atoms with E-state index in [0.717, 1.165) is 31.4 Å². The topological polar surface area (TPSA) is 29.5 Å². The number of hydrogen-bond donors (Lipinski definition) is 1. The highest BCUT2D eigenvalue weighted by Gasteiger charge is 2.29. The molecule has 0 heterocycles. The van der Waals surface area contributed by atoms with E-state index in [0.29, 0.717) is 11.6 Å². The third kappa shape index (κ3) is 3.13. The van der Waals surface area contributed by atoms with Crippen molar-refractivity contribution < 1.29 is 9.84 Å². The number of ether oxygens (including phenoxy) is 1. The van der Waals surface area contributed by atoms with Crippen LogP contribution in [0.2, 0.25) is 5.02 Å². The zero-order valence-corrected chi connectivity index (χ0v) is 10.0. The highest BCUT2D eigenvalue weighted by molar-refractivity contribution is 6.30. The second-order valence-electron chi connectivity index (χ2n) is 4.53. The summed E-state index contributed by atoms with van der Waals surface area (Å²) in [5, 5.41) is 10.9. The Morgan fingerprint density at radius 1 is 1.25 bits per heavy atom. The molecule has 0 amide bonds. The van der Waals surface area contributed by atoms with Crippen molar-refractivity contribution in [1.29, 1.82) is 0 Å². The Hall–Kier alpha value is -0.730. The number of aliphatic hydroxyl groups is 1. The SMILES string of the molecule is OC1(COc2cccc(Cl)c2)CCCCC1. The van der Waals surface area contributed by atoms with Crippen LogP contribution in [0.1, 0.15) is 32.1 Å². The quantitative estimate of drug-likeness (QED) is 0.877. The summed E-state index contributed by atoms with van der Waals surface area (Å²) in [5.41, 5.74) is -0.638. The van der Waals surface area contributed by atoms with Crippen molar-refractivity contribution in [3.05, 3.63) is 29.3 Å². The molecule has 0 atom stereocenters. The minimum atomic E-state index is -0.638. The molecule has 0 radical (unpaired) electrons. The smallest absolute Gasteiger partial charge is 0.120 e. The molecular weight excluding hydrogens is 224 g/mol. The monoisotopic (exact) mass is 240 g/mol. The fraction of sp³-hybridized carbons (Fsp3) is 0.538. The Bertz CT molecular complexity index is 346. The first kappa shape index (κ1) is 11.7. The van der Waals surface area contributed by atoms with Crippen molar-refractivity contribution >= 4 is 11.6 Å². The van der Waals surface area contributed by atoms with Crippen LogP contribution in [0, 0.1) is 0 Å². The summed E-state index contributed by atoms with van der Waals surface area (Å²) in [4.78, 5) is 0. The molecule has 0 saturated heterocycles. The Balaban J connectivity index is 1.91. The van der Waals surface area contributed by atoms with Crippen molar-refractivity contribution in [3.8, 4) is 5.75 Å². The van der Waals surface area contributed by atoms with Crippen molar-refractivity contribution in [2.75, 3.05) is 6.61 Å². The van der Waals surface area contributed by atoms with Gasteiger partial charge in [0.25, 0.3) is 0 Å². The molecule has 0 aromatic heterocycles. The lowest BCUT2D eigenvalue weighted by Crippen LogP contribution is -2.37. The molecule has 1 aliphatic rings. The Morgan fingerprint density at radius 2 is 2.00 bits per heavy atom. The molecule has 1 aromatic carbocycles. The summed E-state index contributed by atoms with van der Waals surface area (Å²) in [7, 11) is 0. The minimum Gasteiger partial charge on any atom is -0.491 e. The van der Waals surface area contributed by atoms with Gasteiger partial charge in [0.05, 0.1) is 5.60 Å². The lowest BCUT2D eigenvalue weighted by molar-refractivity contribution is -0.0339. The van der Waals surface area contributed by atoms with Gasteiger partial charge in [0.15, 0.2) is 0 Å². The largest absolute Gasteiger partial charge is 0.491 e. The minimum absolute atomic E-state index is 0.368. The summed E-state index contributed by atoms with van der Waals surface area (Å²) in [6.45, 7) is 0.368. The van der Waals surface area contributed by atoms with Gasteiger partial charge in [0.2, 0.25) is 0 Å². The zero-order valence-electron chi connectivity index (χ0n) is 9.29. The fourth-order valence-electron chi connectivity index (χ4n) is 2.13. The Labute approximate surface area is 101 Å². The maximum Gasteiger partial charge on any atom is 0.120 e. The predicted octanol–water partition coefficient (Wildman–Crippen LogP) is 3.41. The lowest BCUT2D eigenvalue weighted by atomic mass is 9.85. The standard InChI is InChI=1S/C13H17ClO2/c14-11-5-4-6-12(9-11)16-10-13(15)7-2-1-3-8-13/h4-6,9,15H,1-3,7-8,10H2. The normalized spacial score (nSPS) is 19.4. The number of benzene rings is 1. The number of rotatable bonds is 3. The molecule has 0 unspecified atom stereocenters. The van der Waals surface area contributed by atoms with Gasteiger partial charge in [-0.3, -0.25) is 0 Å². The average Bonchev–Trinajstić information content (AvgIpc) is 2.28. The van der Waals surface area contributed by atoms with Gasteiger partial charge in [-0.1, -0.05) is 36.9 Å². The van der Waals surface area contributed by atoms with Crippen LogP contribution in [-0.4, -0.2) is 17.3 Å². The zero-order chi connectivity index (χ0) is 11.4. The molecule has 0 aliphatic heterocycles. The van der Waals surface area contributed by atoms with Crippen molar-refractivity contribution in [2.24, 2.45) is 0 Å². The van der Waals surface area contributed by atoms with E-state index >= 15 is 0 Å². The summed E-state index contributed by atoms with van der Waals surface area (Å²) in [5.74, 6) is 0.728. The van der Waals surface area contributed by atoms with Gasteiger partial charge >= 0.3 is 0 Å². The molecule has 1 N–H and O–H groups in total. The van der Waals surface area contributed by atoms with E-state index in [-0.39, 0.29) is 0 Å². The van der Waals surface area contributed by atoms with E-state index < -0.39 is 5.60 Å². The molecule has 1 fully saturated rings. The molecule has 2 rings (SSSR count). The average molecular weight is 241 g/mol. The van der Waals surface area contributed by atoms with E-state index in [4.69, 9.17) is 16.3 Å². The Morgan fingerprint density at radius 3 is 2.69 bits per heavy atom.